The van der Waals surface area contributed by atoms with E-state index in [1.165, 1.54) is 17.6 Å². The standard InChI is InChI=1S/C28H31Cl2F2N5O3/c1-35-24(18-14-21(31)23(32)22(15-18)40-2)25(37(30)28(35)29)19-4-3-17(26(38)16-5-7-33-8-6-16)13-20(19)27(39)36-11-9-34-10-12-36/h3-4,13-16,28,33-34H,5-12H2,1-2H3. The van der Waals surface area contributed by atoms with E-state index in [2.05, 4.69) is 10.6 Å². The molecule has 2 aromatic carbocycles. The SMILES string of the molecule is COc1cc(C2=C(c3ccc(C(=O)C4CCNCC4)cc3C(=O)N3CCNCC3)N(Cl)C(Cl)N2C)cc(F)c1F. The normalized spacial score (nSPS) is 20.4. The molecule has 0 spiro atoms. The van der Waals surface area contributed by atoms with Gasteiger partial charge in [-0.15, -0.1) is 0 Å². The van der Waals surface area contributed by atoms with E-state index in [-0.39, 0.29) is 34.5 Å². The van der Waals surface area contributed by atoms with Gasteiger partial charge in [-0.1, -0.05) is 23.7 Å². The summed E-state index contributed by atoms with van der Waals surface area (Å²) in [5.74, 6) is -2.90. The number of piperidine rings is 1. The minimum Gasteiger partial charge on any atom is -0.494 e. The maximum Gasteiger partial charge on any atom is 0.254 e. The van der Waals surface area contributed by atoms with Crippen LogP contribution in [-0.2, 0) is 0 Å². The number of piperazine rings is 1. The van der Waals surface area contributed by atoms with Crippen molar-refractivity contribution in [3.63, 3.8) is 0 Å². The third-order valence-electron chi connectivity index (χ3n) is 7.69. The molecule has 5 rings (SSSR count). The van der Waals surface area contributed by atoms with Crippen molar-refractivity contribution in [2.24, 2.45) is 5.92 Å². The van der Waals surface area contributed by atoms with Crippen molar-refractivity contribution in [3.8, 4) is 5.75 Å². The molecule has 2 fully saturated rings. The first-order valence-electron chi connectivity index (χ1n) is 13.2. The second-order valence-corrected chi connectivity index (χ2v) is 10.8. The number of alkyl halides is 1. The number of halogens is 4. The highest BCUT2D eigenvalue weighted by atomic mass is 35.5. The average Bonchev–Trinajstić information content (AvgIpc) is 3.21. The molecule has 214 valence electrons. The monoisotopic (exact) mass is 593 g/mol. The molecule has 1 unspecified atom stereocenters. The number of ketones is 1. The molecule has 12 heteroatoms. The lowest BCUT2D eigenvalue weighted by Gasteiger charge is -2.29. The number of hydrogen-bond acceptors (Lipinski definition) is 7. The summed E-state index contributed by atoms with van der Waals surface area (Å²) >= 11 is 13.4. The third kappa shape index (κ3) is 5.25. The van der Waals surface area contributed by atoms with E-state index in [4.69, 9.17) is 28.1 Å². The van der Waals surface area contributed by atoms with Crippen LogP contribution in [0.25, 0.3) is 11.4 Å². The first kappa shape index (κ1) is 28.6. The topological polar surface area (TPSA) is 77.1 Å². The molecule has 3 heterocycles. The number of ether oxygens (including phenoxy) is 1. The van der Waals surface area contributed by atoms with Crippen LogP contribution in [0.5, 0.6) is 5.75 Å². The maximum atomic E-state index is 14.6. The molecule has 2 saturated heterocycles. The lowest BCUT2D eigenvalue weighted by molar-refractivity contribution is 0.0735. The van der Waals surface area contributed by atoms with Crippen molar-refractivity contribution >= 4 is 46.5 Å². The van der Waals surface area contributed by atoms with Crippen LogP contribution in [0.15, 0.2) is 30.3 Å². The third-order valence-corrected chi connectivity index (χ3v) is 8.63. The summed E-state index contributed by atoms with van der Waals surface area (Å²) in [5.41, 5.74) is 1.22. The van der Waals surface area contributed by atoms with Crippen molar-refractivity contribution < 1.29 is 23.1 Å². The summed E-state index contributed by atoms with van der Waals surface area (Å²) in [4.78, 5) is 30.7. The van der Waals surface area contributed by atoms with Crippen LogP contribution in [0.2, 0.25) is 0 Å². The van der Waals surface area contributed by atoms with E-state index >= 15 is 0 Å². The van der Waals surface area contributed by atoms with Gasteiger partial charge < -0.3 is 25.2 Å². The molecule has 0 radical (unpaired) electrons. The molecule has 2 N–H and O–H groups in total. The fourth-order valence-electron chi connectivity index (χ4n) is 5.50. The van der Waals surface area contributed by atoms with E-state index in [1.54, 1.807) is 35.0 Å². The van der Waals surface area contributed by atoms with Gasteiger partial charge in [-0.05, 0) is 44.1 Å². The summed E-state index contributed by atoms with van der Waals surface area (Å²) in [5, 5.41) is 6.50. The Morgan fingerprint density at radius 1 is 1.00 bits per heavy atom. The molecule has 0 aliphatic carbocycles. The number of hydrogen-bond donors (Lipinski definition) is 2. The largest absolute Gasteiger partial charge is 0.494 e. The quantitative estimate of drug-likeness (QED) is 0.227. The van der Waals surface area contributed by atoms with Crippen molar-refractivity contribution in [2.75, 3.05) is 53.4 Å². The lowest BCUT2D eigenvalue weighted by atomic mass is 9.87. The molecular formula is C28H31Cl2F2N5O3. The maximum absolute atomic E-state index is 14.6. The molecule has 1 atom stereocenters. The molecular weight excluding hydrogens is 563 g/mol. The van der Waals surface area contributed by atoms with Gasteiger partial charge in [0.1, 0.15) is 0 Å². The predicted molar refractivity (Wildman–Crippen MR) is 150 cm³/mol. The number of nitrogens with one attached hydrogen (secondary N) is 2. The van der Waals surface area contributed by atoms with Crippen LogP contribution in [-0.4, -0.2) is 85.0 Å². The first-order chi connectivity index (χ1) is 19.2. The van der Waals surface area contributed by atoms with Crippen molar-refractivity contribution in [1.82, 2.24) is 24.9 Å². The van der Waals surface area contributed by atoms with Crippen LogP contribution in [0, 0.1) is 17.6 Å². The number of carbonyl (C=O) groups is 2. The Morgan fingerprint density at radius 3 is 2.35 bits per heavy atom. The number of nitrogens with zero attached hydrogens (tertiary/aromatic N) is 3. The Hall–Kier alpha value is -2.92. The minimum atomic E-state index is -1.12. The van der Waals surface area contributed by atoms with Gasteiger partial charge in [-0.3, -0.25) is 9.59 Å². The van der Waals surface area contributed by atoms with Crippen molar-refractivity contribution in [3.05, 3.63) is 64.2 Å². The first-order valence-corrected chi connectivity index (χ1v) is 14.0. The van der Waals surface area contributed by atoms with Crippen LogP contribution >= 0.6 is 23.4 Å². The number of amides is 1. The number of Topliss-reactive ketones (excluding diaryl/α,β-unsaturated/α-hetero) is 1. The van der Waals surface area contributed by atoms with Gasteiger partial charge in [0.05, 0.1) is 18.5 Å². The van der Waals surface area contributed by atoms with Gasteiger partial charge in [0.15, 0.2) is 23.0 Å². The Bertz CT molecular complexity index is 1350. The fourth-order valence-corrected chi connectivity index (χ4v) is 6.00. The highest BCUT2D eigenvalue weighted by Crippen LogP contribution is 2.45. The zero-order chi connectivity index (χ0) is 28.6. The number of benzene rings is 2. The molecule has 0 bridgehead atoms. The molecule has 2 aromatic rings. The van der Waals surface area contributed by atoms with Crippen LogP contribution in [0.1, 0.15) is 44.7 Å². The average molecular weight is 594 g/mol. The lowest BCUT2D eigenvalue weighted by Crippen LogP contribution is -2.46. The van der Waals surface area contributed by atoms with Gasteiger partial charge in [-0.25, -0.2) is 8.81 Å². The second-order valence-electron chi connectivity index (χ2n) is 10.1. The second kappa shape index (κ2) is 11.9. The van der Waals surface area contributed by atoms with Gasteiger partial charge >= 0.3 is 0 Å². The van der Waals surface area contributed by atoms with E-state index in [0.29, 0.717) is 48.7 Å². The van der Waals surface area contributed by atoms with E-state index in [9.17, 15) is 18.4 Å². The molecule has 3 aliphatic rings. The van der Waals surface area contributed by atoms with E-state index in [0.717, 1.165) is 32.0 Å². The molecule has 3 aliphatic heterocycles. The van der Waals surface area contributed by atoms with E-state index in [1.807, 2.05) is 0 Å². The molecule has 0 saturated carbocycles. The molecule has 0 aromatic heterocycles. The van der Waals surface area contributed by atoms with Gasteiger partial charge in [0.25, 0.3) is 5.91 Å². The van der Waals surface area contributed by atoms with Crippen LogP contribution in [0.3, 0.4) is 0 Å². The zero-order valence-electron chi connectivity index (χ0n) is 22.3. The summed E-state index contributed by atoms with van der Waals surface area (Å²) in [6.45, 7) is 3.82. The highest BCUT2D eigenvalue weighted by Gasteiger charge is 2.39. The Balaban J connectivity index is 1.68. The summed E-state index contributed by atoms with van der Waals surface area (Å²) in [6, 6.07) is 7.41. The van der Waals surface area contributed by atoms with Crippen LogP contribution in [0.4, 0.5) is 8.78 Å². The number of rotatable bonds is 6. The number of carbonyl (C=O) groups excluding carboxylic acids is 2. The van der Waals surface area contributed by atoms with Crippen molar-refractivity contribution in [1.29, 1.82) is 0 Å². The van der Waals surface area contributed by atoms with Crippen molar-refractivity contribution in [2.45, 2.75) is 18.5 Å². The van der Waals surface area contributed by atoms with Gasteiger partial charge in [0.2, 0.25) is 5.82 Å². The Morgan fingerprint density at radius 2 is 1.68 bits per heavy atom. The van der Waals surface area contributed by atoms with Gasteiger partial charge in [0, 0.05) is 73.2 Å². The molecule has 1 amide bonds. The summed E-state index contributed by atoms with van der Waals surface area (Å²) < 4.78 is 35.2. The Kier molecular flexibility index (Phi) is 8.51. The van der Waals surface area contributed by atoms with E-state index < -0.39 is 17.3 Å². The van der Waals surface area contributed by atoms with Crippen LogP contribution < -0.4 is 15.4 Å². The fraction of sp³-hybridized carbons (Fsp3) is 0.429. The zero-order valence-corrected chi connectivity index (χ0v) is 23.8. The number of methoxy groups -OCH3 is 1. The summed E-state index contributed by atoms with van der Waals surface area (Å²) in [7, 11) is 2.91. The molecule has 40 heavy (non-hydrogen) atoms. The Labute approximate surface area is 241 Å². The predicted octanol–water partition coefficient (Wildman–Crippen LogP) is 3.95. The smallest absolute Gasteiger partial charge is 0.254 e. The minimum absolute atomic E-state index is 0.0107. The molecule has 8 nitrogen and oxygen atoms in total. The summed E-state index contributed by atoms with van der Waals surface area (Å²) in [6.07, 6.45) is 1.45. The highest BCUT2D eigenvalue weighted by molar-refractivity contribution is 6.30. The van der Waals surface area contributed by atoms with Gasteiger partial charge in [-0.2, -0.15) is 4.39 Å².